The maximum absolute atomic E-state index is 12.8. The number of nitrogen functional groups attached to an aromatic ring is 1. The summed E-state index contributed by atoms with van der Waals surface area (Å²) in [4.78, 5) is 39.2. The van der Waals surface area contributed by atoms with E-state index in [1.54, 1.807) is 18.3 Å². The van der Waals surface area contributed by atoms with Crippen molar-refractivity contribution in [3.63, 3.8) is 0 Å². The monoisotopic (exact) mass is 472 g/mol. The van der Waals surface area contributed by atoms with E-state index < -0.39 is 12.0 Å². The molecule has 3 aromatic heterocycles. The molecule has 5 rings (SSSR count). The first kappa shape index (κ1) is 22.4. The number of benzene rings is 1. The number of likely N-dealkylation sites (tertiary alicyclic amines) is 1. The van der Waals surface area contributed by atoms with Gasteiger partial charge >= 0.3 is 12.0 Å². The number of piperidine rings is 1. The van der Waals surface area contributed by atoms with Crippen LogP contribution in [0.3, 0.4) is 0 Å². The number of carbonyl (C=O) groups is 2. The van der Waals surface area contributed by atoms with Crippen LogP contribution < -0.4 is 11.1 Å². The molecule has 4 aromatic rings. The van der Waals surface area contributed by atoms with Crippen molar-refractivity contribution in [3.05, 3.63) is 60.3 Å². The summed E-state index contributed by atoms with van der Waals surface area (Å²) < 4.78 is 1.02. The number of aromatic carboxylic acids is 1. The standard InChI is InChI=1S/C24H24N8O3/c25-23-27-12-18(13-28-23)29-24(35)32-20-5-4-16(9-19(20)21(30-32)22(33)34)17-8-15(10-26-11-17)14-31-6-2-1-3-7-31/h4-5,8-13H,1-3,6-7,14H2,(H,29,35)(H,33,34)(H2,25,27,28). The number of anilines is 2. The Balaban J connectivity index is 1.46. The Morgan fingerprint density at radius 1 is 1.00 bits per heavy atom. The fourth-order valence-electron chi connectivity index (χ4n) is 4.30. The van der Waals surface area contributed by atoms with Crippen LogP contribution in [0.4, 0.5) is 16.4 Å². The summed E-state index contributed by atoms with van der Waals surface area (Å²) in [5.74, 6) is -1.16. The third-order valence-electron chi connectivity index (χ3n) is 5.98. The number of nitrogens with two attached hydrogens (primary N) is 1. The molecule has 0 radical (unpaired) electrons. The van der Waals surface area contributed by atoms with Crippen molar-refractivity contribution < 1.29 is 14.7 Å². The third-order valence-corrected chi connectivity index (χ3v) is 5.98. The molecular weight excluding hydrogens is 448 g/mol. The number of hydrogen-bond acceptors (Lipinski definition) is 8. The Morgan fingerprint density at radius 3 is 2.51 bits per heavy atom. The first-order valence-electron chi connectivity index (χ1n) is 11.3. The van der Waals surface area contributed by atoms with Crippen LogP contribution >= 0.6 is 0 Å². The fraction of sp³-hybridized carbons (Fsp3) is 0.250. The van der Waals surface area contributed by atoms with Gasteiger partial charge < -0.3 is 16.2 Å². The lowest BCUT2D eigenvalue weighted by atomic mass is 10.0. The number of carbonyl (C=O) groups excluding carboxylic acids is 1. The van der Waals surface area contributed by atoms with Crippen molar-refractivity contribution in [1.29, 1.82) is 0 Å². The SMILES string of the molecule is Nc1ncc(NC(=O)n2nc(C(=O)O)c3cc(-c4cncc(CN5CCCCC5)c4)ccc32)cn1. The van der Waals surface area contributed by atoms with Gasteiger partial charge in [0.15, 0.2) is 5.69 Å². The summed E-state index contributed by atoms with van der Waals surface area (Å²) in [6.07, 6.45) is 10.0. The molecule has 0 unspecified atom stereocenters. The van der Waals surface area contributed by atoms with Crippen LogP contribution in [0.25, 0.3) is 22.0 Å². The minimum atomic E-state index is -1.23. The number of nitrogens with zero attached hydrogens (tertiary/aromatic N) is 6. The molecule has 4 heterocycles. The molecule has 1 fully saturated rings. The van der Waals surface area contributed by atoms with Crippen LogP contribution in [-0.4, -0.2) is 59.8 Å². The number of aromatic nitrogens is 5. The van der Waals surface area contributed by atoms with Crippen LogP contribution in [0.15, 0.2) is 49.1 Å². The van der Waals surface area contributed by atoms with Gasteiger partial charge in [0.1, 0.15) is 0 Å². The number of hydrogen-bond donors (Lipinski definition) is 3. The molecule has 1 saturated heterocycles. The molecular formula is C24H24N8O3. The summed E-state index contributed by atoms with van der Waals surface area (Å²) in [6, 6.07) is 6.66. The highest BCUT2D eigenvalue weighted by molar-refractivity contribution is 6.06. The molecule has 1 amide bonds. The third kappa shape index (κ3) is 4.80. The zero-order valence-electron chi connectivity index (χ0n) is 18.9. The second kappa shape index (κ2) is 9.47. The molecule has 11 nitrogen and oxygen atoms in total. The lowest BCUT2D eigenvalue weighted by Crippen LogP contribution is -2.29. The van der Waals surface area contributed by atoms with Gasteiger partial charge in [-0.25, -0.2) is 19.6 Å². The summed E-state index contributed by atoms with van der Waals surface area (Å²) >= 11 is 0. The maximum Gasteiger partial charge on any atom is 0.357 e. The smallest absolute Gasteiger partial charge is 0.357 e. The quantitative estimate of drug-likeness (QED) is 0.397. The molecule has 0 saturated carbocycles. The molecule has 0 bridgehead atoms. The highest BCUT2D eigenvalue weighted by atomic mass is 16.4. The van der Waals surface area contributed by atoms with E-state index in [0.717, 1.165) is 41.0 Å². The summed E-state index contributed by atoms with van der Waals surface area (Å²) in [7, 11) is 0. The van der Waals surface area contributed by atoms with E-state index in [1.165, 1.54) is 31.7 Å². The van der Waals surface area contributed by atoms with Crippen molar-refractivity contribution in [1.82, 2.24) is 29.6 Å². The Kier molecular flexibility index (Phi) is 6.06. The minimum absolute atomic E-state index is 0.0720. The summed E-state index contributed by atoms with van der Waals surface area (Å²) in [5.41, 5.74) is 8.68. The number of amides is 1. The van der Waals surface area contributed by atoms with E-state index >= 15 is 0 Å². The van der Waals surface area contributed by atoms with Crippen molar-refractivity contribution in [3.8, 4) is 11.1 Å². The lowest BCUT2D eigenvalue weighted by Gasteiger charge is -2.26. The lowest BCUT2D eigenvalue weighted by molar-refractivity contribution is 0.0692. The molecule has 1 aliphatic rings. The Morgan fingerprint density at radius 2 is 1.77 bits per heavy atom. The zero-order chi connectivity index (χ0) is 24.4. The van der Waals surface area contributed by atoms with Gasteiger partial charge in [-0.2, -0.15) is 9.78 Å². The molecule has 35 heavy (non-hydrogen) atoms. The number of carboxylic acids is 1. The average Bonchev–Trinajstić information content (AvgIpc) is 3.26. The van der Waals surface area contributed by atoms with Gasteiger partial charge in [-0.1, -0.05) is 12.5 Å². The number of nitrogens with one attached hydrogen (secondary N) is 1. The van der Waals surface area contributed by atoms with Gasteiger partial charge in [0.25, 0.3) is 0 Å². The number of rotatable bonds is 5. The highest BCUT2D eigenvalue weighted by Crippen LogP contribution is 2.28. The van der Waals surface area contributed by atoms with E-state index in [9.17, 15) is 14.7 Å². The van der Waals surface area contributed by atoms with Gasteiger partial charge in [-0.15, -0.1) is 0 Å². The van der Waals surface area contributed by atoms with Crippen molar-refractivity contribution in [2.24, 2.45) is 0 Å². The second-order valence-electron chi connectivity index (χ2n) is 8.48. The maximum atomic E-state index is 12.8. The first-order chi connectivity index (χ1) is 17.0. The topological polar surface area (TPSA) is 152 Å². The van der Waals surface area contributed by atoms with Crippen LogP contribution in [0.2, 0.25) is 0 Å². The van der Waals surface area contributed by atoms with Gasteiger partial charge in [-0.3, -0.25) is 9.88 Å². The van der Waals surface area contributed by atoms with E-state index in [0.29, 0.717) is 16.6 Å². The Bertz CT molecular complexity index is 1390. The van der Waals surface area contributed by atoms with Crippen LogP contribution in [0.5, 0.6) is 0 Å². The molecule has 0 spiro atoms. The molecule has 11 heteroatoms. The highest BCUT2D eigenvalue weighted by Gasteiger charge is 2.21. The van der Waals surface area contributed by atoms with Crippen LogP contribution in [0, 0.1) is 0 Å². The van der Waals surface area contributed by atoms with E-state index in [1.807, 2.05) is 12.3 Å². The zero-order valence-corrected chi connectivity index (χ0v) is 18.9. The van der Waals surface area contributed by atoms with Gasteiger partial charge in [0, 0.05) is 29.9 Å². The molecule has 178 valence electrons. The molecule has 4 N–H and O–H groups in total. The average molecular weight is 473 g/mol. The molecule has 1 aromatic carbocycles. The predicted molar refractivity (Wildman–Crippen MR) is 130 cm³/mol. The van der Waals surface area contributed by atoms with Crippen LogP contribution in [0.1, 0.15) is 35.3 Å². The van der Waals surface area contributed by atoms with Crippen LogP contribution in [-0.2, 0) is 6.54 Å². The molecule has 0 aliphatic carbocycles. The Hall–Kier alpha value is -4.38. The molecule has 0 atom stereocenters. The Labute approximate surface area is 200 Å². The normalized spacial score (nSPS) is 14.2. The number of fused-ring (bicyclic) bond motifs is 1. The van der Waals surface area contributed by atoms with E-state index in [2.05, 4.69) is 36.3 Å². The van der Waals surface area contributed by atoms with Crippen molar-refractivity contribution in [2.45, 2.75) is 25.8 Å². The first-order valence-corrected chi connectivity index (χ1v) is 11.3. The van der Waals surface area contributed by atoms with Gasteiger partial charge in [0.2, 0.25) is 5.95 Å². The van der Waals surface area contributed by atoms with Gasteiger partial charge in [-0.05, 0) is 55.3 Å². The number of carboxylic acid groups (broad SMARTS) is 1. The number of pyridine rings is 1. The molecule has 1 aliphatic heterocycles. The van der Waals surface area contributed by atoms with Gasteiger partial charge in [0.05, 0.1) is 23.6 Å². The minimum Gasteiger partial charge on any atom is -0.476 e. The van der Waals surface area contributed by atoms with E-state index in [4.69, 9.17) is 5.73 Å². The van der Waals surface area contributed by atoms with Crippen molar-refractivity contribution >= 4 is 34.5 Å². The van der Waals surface area contributed by atoms with Crippen molar-refractivity contribution in [2.75, 3.05) is 24.1 Å². The second-order valence-corrected chi connectivity index (χ2v) is 8.48. The summed E-state index contributed by atoms with van der Waals surface area (Å²) in [5, 5.41) is 16.7. The predicted octanol–water partition coefficient (Wildman–Crippen LogP) is 3.23. The fourth-order valence-corrected chi connectivity index (χ4v) is 4.30. The largest absolute Gasteiger partial charge is 0.476 e. The van der Waals surface area contributed by atoms with E-state index in [-0.39, 0.29) is 11.6 Å². The summed E-state index contributed by atoms with van der Waals surface area (Å²) in [6.45, 7) is 3.00.